The van der Waals surface area contributed by atoms with Crippen LogP contribution >= 0.6 is 11.6 Å². The second-order valence-corrected chi connectivity index (χ2v) is 4.05. The van der Waals surface area contributed by atoms with Gasteiger partial charge in [0.1, 0.15) is 11.1 Å². The van der Waals surface area contributed by atoms with Crippen LogP contribution < -0.4 is 0 Å². The maximum Gasteiger partial charge on any atom is 0.288 e. The molecule has 0 saturated heterocycles. The lowest BCUT2D eigenvalue weighted by molar-refractivity contribution is -0.384. The number of hydrogen-bond acceptors (Lipinski definition) is 4. The van der Waals surface area contributed by atoms with Crippen LogP contribution in [0.5, 0.6) is 0 Å². The van der Waals surface area contributed by atoms with E-state index in [1.807, 2.05) is 6.07 Å². The molecule has 0 fully saturated rings. The number of nitrogens with zero attached hydrogens (tertiary/aromatic N) is 3. The largest absolute Gasteiger partial charge is 0.326 e. The van der Waals surface area contributed by atoms with E-state index in [1.54, 1.807) is 6.92 Å². The predicted octanol–water partition coefficient (Wildman–Crippen LogP) is 2.23. The molecule has 7 heteroatoms. The topological polar surface area (TPSA) is 87.2 Å². The van der Waals surface area contributed by atoms with Gasteiger partial charge in [-0.2, -0.15) is 5.26 Å². The van der Waals surface area contributed by atoms with Crippen molar-refractivity contribution in [3.05, 3.63) is 38.9 Å². The minimum Gasteiger partial charge on any atom is -0.326 e. The Kier molecular flexibility index (Phi) is 4.23. The lowest BCUT2D eigenvalue weighted by Gasteiger charge is -2.19. The molecular weight excluding hydrogens is 258 g/mol. The SMILES string of the molecule is CC(C#N)N(C)C(=O)c1ccc(Cl)c([N+](=O)[O-])c1. The van der Waals surface area contributed by atoms with Crippen LogP contribution in [-0.2, 0) is 0 Å². The van der Waals surface area contributed by atoms with Crippen molar-refractivity contribution in [2.45, 2.75) is 13.0 Å². The molecule has 0 aliphatic rings. The van der Waals surface area contributed by atoms with Gasteiger partial charge in [-0.15, -0.1) is 0 Å². The first-order valence-electron chi connectivity index (χ1n) is 4.99. The number of carbonyl (C=O) groups is 1. The van der Waals surface area contributed by atoms with E-state index >= 15 is 0 Å². The lowest BCUT2D eigenvalue weighted by Crippen LogP contribution is -2.34. The van der Waals surface area contributed by atoms with Gasteiger partial charge in [0.25, 0.3) is 11.6 Å². The highest BCUT2D eigenvalue weighted by Crippen LogP contribution is 2.25. The van der Waals surface area contributed by atoms with Crippen molar-refractivity contribution < 1.29 is 9.72 Å². The number of halogens is 1. The average molecular weight is 268 g/mol. The van der Waals surface area contributed by atoms with E-state index in [-0.39, 0.29) is 16.3 Å². The first-order chi connectivity index (χ1) is 8.38. The third-order valence-corrected chi connectivity index (χ3v) is 2.80. The minimum absolute atomic E-state index is 0.0347. The Labute approximate surface area is 109 Å². The highest BCUT2D eigenvalue weighted by Gasteiger charge is 2.21. The van der Waals surface area contributed by atoms with E-state index in [9.17, 15) is 14.9 Å². The van der Waals surface area contributed by atoms with Crippen LogP contribution in [0.25, 0.3) is 0 Å². The first kappa shape index (κ1) is 13.9. The van der Waals surface area contributed by atoms with E-state index in [4.69, 9.17) is 16.9 Å². The van der Waals surface area contributed by atoms with Gasteiger partial charge >= 0.3 is 0 Å². The zero-order valence-corrected chi connectivity index (χ0v) is 10.5. The summed E-state index contributed by atoms with van der Waals surface area (Å²) in [7, 11) is 1.46. The van der Waals surface area contributed by atoms with Crippen LogP contribution in [0.4, 0.5) is 5.69 Å². The summed E-state index contributed by atoms with van der Waals surface area (Å²) in [4.78, 5) is 23.2. The van der Waals surface area contributed by atoms with Gasteiger partial charge in [0.05, 0.1) is 11.0 Å². The van der Waals surface area contributed by atoms with Gasteiger partial charge in [-0.05, 0) is 19.1 Å². The Morgan fingerprint density at radius 3 is 2.72 bits per heavy atom. The van der Waals surface area contributed by atoms with Crippen LogP contribution in [0.2, 0.25) is 5.02 Å². The number of amides is 1. The molecule has 1 aromatic rings. The highest BCUT2D eigenvalue weighted by atomic mass is 35.5. The zero-order valence-electron chi connectivity index (χ0n) is 9.75. The summed E-state index contributed by atoms with van der Waals surface area (Å²) in [5.41, 5.74) is -0.212. The number of nitro groups is 1. The maximum absolute atomic E-state index is 11.9. The molecule has 0 radical (unpaired) electrons. The van der Waals surface area contributed by atoms with E-state index in [0.29, 0.717) is 0 Å². The number of nitro benzene ring substituents is 1. The highest BCUT2D eigenvalue weighted by molar-refractivity contribution is 6.32. The van der Waals surface area contributed by atoms with Gasteiger partial charge in [0.2, 0.25) is 0 Å². The van der Waals surface area contributed by atoms with Gasteiger partial charge in [-0.1, -0.05) is 11.6 Å². The van der Waals surface area contributed by atoms with Gasteiger partial charge in [-0.3, -0.25) is 14.9 Å². The number of carbonyl (C=O) groups excluding carboxylic acids is 1. The van der Waals surface area contributed by atoms with E-state index in [1.165, 1.54) is 24.1 Å². The second-order valence-electron chi connectivity index (χ2n) is 3.64. The first-order valence-corrected chi connectivity index (χ1v) is 5.37. The number of benzene rings is 1. The molecule has 0 spiro atoms. The van der Waals surface area contributed by atoms with Crippen molar-refractivity contribution >= 4 is 23.2 Å². The third kappa shape index (κ3) is 2.76. The monoisotopic (exact) mass is 267 g/mol. The van der Waals surface area contributed by atoms with Gasteiger partial charge in [0.15, 0.2) is 0 Å². The van der Waals surface area contributed by atoms with E-state index in [2.05, 4.69) is 0 Å². The van der Waals surface area contributed by atoms with E-state index in [0.717, 1.165) is 6.07 Å². The van der Waals surface area contributed by atoms with E-state index < -0.39 is 16.9 Å². The Bertz CT molecular complexity index is 539. The van der Waals surface area contributed by atoms with Gasteiger partial charge in [-0.25, -0.2) is 0 Å². The van der Waals surface area contributed by atoms with Crippen LogP contribution in [0.1, 0.15) is 17.3 Å². The summed E-state index contributed by atoms with van der Waals surface area (Å²) in [5, 5.41) is 19.4. The minimum atomic E-state index is -0.660. The quantitative estimate of drug-likeness (QED) is 0.620. The number of nitriles is 1. The van der Waals surface area contributed by atoms with Crippen LogP contribution in [0.3, 0.4) is 0 Å². The normalized spacial score (nSPS) is 11.4. The molecule has 0 N–H and O–H groups in total. The summed E-state index contributed by atoms with van der Waals surface area (Å²) in [6.07, 6.45) is 0. The zero-order chi connectivity index (χ0) is 13.9. The standard InChI is InChI=1S/C11H10ClN3O3/c1-7(6-13)14(2)11(16)8-3-4-9(12)10(5-8)15(17)18/h3-5,7H,1-2H3. The molecule has 0 aliphatic carbocycles. The second kappa shape index (κ2) is 5.47. The summed E-state index contributed by atoms with van der Waals surface area (Å²) in [5.74, 6) is -0.469. The molecule has 1 aromatic carbocycles. The fourth-order valence-electron chi connectivity index (χ4n) is 1.25. The van der Waals surface area contributed by atoms with Crippen molar-refractivity contribution in [2.75, 3.05) is 7.05 Å². The summed E-state index contributed by atoms with van der Waals surface area (Å²) >= 11 is 5.65. The Balaban J connectivity index is 3.12. The fraction of sp³-hybridized carbons (Fsp3) is 0.273. The molecule has 0 aromatic heterocycles. The molecule has 0 bridgehead atoms. The molecular formula is C11H10ClN3O3. The summed E-state index contributed by atoms with van der Waals surface area (Å²) < 4.78 is 0. The molecule has 1 amide bonds. The Morgan fingerprint density at radius 1 is 1.61 bits per heavy atom. The summed E-state index contributed by atoms with van der Waals surface area (Å²) in [6.45, 7) is 1.56. The van der Waals surface area contributed by atoms with Crippen molar-refractivity contribution in [1.29, 1.82) is 5.26 Å². The van der Waals surface area contributed by atoms with Crippen LogP contribution in [-0.4, -0.2) is 28.8 Å². The molecule has 0 saturated carbocycles. The number of hydrogen-bond donors (Lipinski definition) is 0. The number of rotatable bonds is 3. The fourth-order valence-corrected chi connectivity index (χ4v) is 1.44. The van der Waals surface area contributed by atoms with Crippen molar-refractivity contribution in [3.8, 4) is 6.07 Å². The third-order valence-electron chi connectivity index (χ3n) is 2.48. The molecule has 0 aliphatic heterocycles. The average Bonchev–Trinajstić information content (AvgIpc) is 2.36. The Morgan fingerprint density at radius 2 is 2.22 bits per heavy atom. The predicted molar refractivity (Wildman–Crippen MR) is 65.3 cm³/mol. The van der Waals surface area contributed by atoms with Crippen molar-refractivity contribution in [1.82, 2.24) is 4.90 Å². The van der Waals surface area contributed by atoms with Crippen molar-refractivity contribution in [2.24, 2.45) is 0 Å². The van der Waals surface area contributed by atoms with Gasteiger partial charge in [0, 0.05) is 18.7 Å². The maximum atomic E-state index is 11.9. The lowest BCUT2D eigenvalue weighted by atomic mass is 10.1. The molecule has 0 heterocycles. The molecule has 94 valence electrons. The van der Waals surface area contributed by atoms with Crippen molar-refractivity contribution in [3.63, 3.8) is 0 Å². The molecule has 18 heavy (non-hydrogen) atoms. The molecule has 1 unspecified atom stereocenters. The summed E-state index contributed by atoms with van der Waals surface area (Å²) in [6, 6.07) is 5.07. The molecule has 1 rings (SSSR count). The molecule has 1 atom stereocenters. The van der Waals surface area contributed by atoms with Gasteiger partial charge < -0.3 is 4.90 Å². The van der Waals surface area contributed by atoms with Crippen LogP contribution in [0, 0.1) is 21.4 Å². The molecule has 6 nitrogen and oxygen atoms in total. The van der Waals surface area contributed by atoms with Crippen LogP contribution in [0.15, 0.2) is 18.2 Å². The smallest absolute Gasteiger partial charge is 0.288 e. The Hall–Kier alpha value is -2.13.